The highest BCUT2D eigenvalue weighted by molar-refractivity contribution is 7.26. The van der Waals surface area contributed by atoms with E-state index in [2.05, 4.69) is 63.6 Å². The molecule has 2 saturated carbocycles. The number of benzene rings is 6. The van der Waals surface area contributed by atoms with Crippen LogP contribution in [0.5, 0.6) is 46.0 Å². The number of methoxy groups -OCH3 is 4. The van der Waals surface area contributed by atoms with Crippen molar-refractivity contribution in [3.05, 3.63) is 213 Å². The molecule has 27 heteroatoms. The molecule has 2 aliphatic rings. The summed E-state index contributed by atoms with van der Waals surface area (Å²) in [6.07, 6.45) is 20.1. The van der Waals surface area contributed by atoms with Crippen molar-refractivity contribution in [2.24, 2.45) is 23.7 Å². The molecule has 0 saturated heterocycles. The fourth-order valence-corrected chi connectivity index (χ4v) is 14.6. The molecular weight excluding hydrogens is 1640 g/mol. The highest BCUT2D eigenvalue weighted by atomic mass is 32.1. The van der Waals surface area contributed by atoms with Gasteiger partial charge in [-0.3, -0.25) is 19.2 Å². The second-order valence-corrected chi connectivity index (χ2v) is 31.0. The van der Waals surface area contributed by atoms with Gasteiger partial charge in [0.15, 0.2) is 11.5 Å². The molecule has 2 aliphatic carbocycles. The fraction of sp³-hybridized carbons (Fsp3) is 0.398. The van der Waals surface area contributed by atoms with Crippen molar-refractivity contribution < 1.29 is 114 Å². The van der Waals surface area contributed by atoms with Gasteiger partial charge in [-0.1, -0.05) is 56.1 Å². The van der Waals surface area contributed by atoms with Crippen molar-refractivity contribution in [2.45, 2.75) is 149 Å². The van der Waals surface area contributed by atoms with Crippen LogP contribution < -0.4 is 37.9 Å². The zero-order chi connectivity index (χ0) is 90.5. The summed E-state index contributed by atoms with van der Waals surface area (Å²) in [5.41, 5.74) is 3.79. The summed E-state index contributed by atoms with van der Waals surface area (Å²) >= 11 is 3.04. The molecule has 2 fully saturated rings. The molecule has 2 heterocycles. The summed E-state index contributed by atoms with van der Waals surface area (Å²) in [6.45, 7) is 22.1. The van der Waals surface area contributed by atoms with Gasteiger partial charge < -0.3 is 66.3 Å². The number of nitrogens with zero attached hydrogens (tertiary/aromatic N) is 1. The summed E-state index contributed by atoms with van der Waals surface area (Å²) in [6, 6.07) is 44.3. The van der Waals surface area contributed by atoms with Crippen LogP contribution in [-0.4, -0.2) is 146 Å². The van der Waals surface area contributed by atoms with Crippen molar-refractivity contribution >= 4 is 92.2 Å². The zero-order valence-electron chi connectivity index (χ0n) is 72.7. The molecule has 125 heavy (non-hydrogen) atoms. The largest absolute Gasteiger partial charge is 0.497 e. The van der Waals surface area contributed by atoms with Crippen LogP contribution in [0.2, 0.25) is 0 Å². The SMILES string of the molecule is C=CC(=O)OCCCCCCOC(=O)c1ccc(OC)cc1.C=CC(=O)OCCCCCCOc1ccc(OC)cc1.C=CC(=O)OCCCCOC(=O)c1ccc(OC)cc1.C=CC(=O)OCCCCOc1ccc(OC)cc1.CC(=O)C1CCC(C(=O)Oc2ccc(OC(=O)C3CCC(C(C)=O)CC3)c3sc(-c4ccc(-c5ccc(C)cc5)s4)nc23)CC1. The minimum atomic E-state index is -0.444. The Balaban J connectivity index is 0.000000258. The minimum Gasteiger partial charge on any atom is -0.497 e. The lowest BCUT2D eigenvalue weighted by atomic mass is 9.80. The molecule has 0 atom stereocenters. The topological polar surface area (TPSA) is 313 Å². The number of esters is 8. The predicted molar refractivity (Wildman–Crippen MR) is 480 cm³/mol. The first-order chi connectivity index (χ1) is 60.5. The third kappa shape index (κ3) is 38.2. The Hall–Kier alpha value is -12.2. The summed E-state index contributed by atoms with van der Waals surface area (Å²) in [5, 5.41) is 0.748. The lowest BCUT2D eigenvalue weighted by molar-refractivity contribution is -0.141. The van der Waals surface area contributed by atoms with Gasteiger partial charge in [0, 0.05) is 41.0 Å². The number of Topliss-reactive ketones (excluding diaryl/α,β-unsaturated/α-hetero) is 2. The van der Waals surface area contributed by atoms with Gasteiger partial charge in [-0.05, 0) is 276 Å². The zero-order valence-corrected chi connectivity index (χ0v) is 74.3. The number of thiazole rings is 1. The van der Waals surface area contributed by atoms with Crippen LogP contribution in [0.25, 0.3) is 30.5 Å². The Labute approximate surface area is 740 Å². The normalized spacial score (nSPS) is 14.1. The molecule has 0 radical (unpaired) electrons. The van der Waals surface area contributed by atoms with E-state index in [1.54, 1.807) is 114 Å². The summed E-state index contributed by atoms with van der Waals surface area (Å²) < 4.78 is 73.6. The van der Waals surface area contributed by atoms with Crippen molar-refractivity contribution in [3.63, 3.8) is 0 Å². The van der Waals surface area contributed by atoms with E-state index in [1.165, 1.54) is 23.0 Å². The second-order valence-electron chi connectivity index (χ2n) is 29.0. The van der Waals surface area contributed by atoms with E-state index in [0.717, 1.165) is 126 Å². The maximum Gasteiger partial charge on any atom is 0.338 e. The highest BCUT2D eigenvalue weighted by Gasteiger charge is 2.33. The molecule has 0 unspecified atom stereocenters. The summed E-state index contributed by atoms with van der Waals surface area (Å²) in [7, 11) is 6.40. The molecule has 25 nitrogen and oxygen atoms in total. The Morgan fingerprint density at radius 1 is 0.344 bits per heavy atom. The molecule has 8 aromatic rings. The van der Waals surface area contributed by atoms with Gasteiger partial charge in [-0.25, -0.2) is 33.8 Å². The molecule has 2 aromatic heterocycles. The van der Waals surface area contributed by atoms with Crippen LogP contribution in [0.15, 0.2) is 196 Å². The van der Waals surface area contributed by atoms with Gasteiger partial charge in [0.2, 0.25) is 0 Å². The maximum atomic E-state index is 13.3. The van der Waals surface area contributed by atoms with Gasteiger partial charge in [0.1, 0.15) is 61.3 Å². The van der Waals surface area contributed by atoms with Crippen molar-refractivity contribution in [3.8, 4) is 66.3 Å². The number of thiophene rings is 1. The Morgan fingerprint density at radius 2 is 0.648 bits per heavy atom. The number of hydrogen-bond acceptors (Lipinski definition) is 27. The number of unbranched alkanes of at least 4 members (excludes halogenated alkanes) is 8. The molecule has 0 bridgehead atoms. The van der Waals surface area contributed by atoms with Crippen LogP contribution in [-0.2, 0) is 66.8 Å². The van der Waals surface area contributed by atoms with E-state index in [-0.39, 0.29) is 77.7 Å². The lowest BCUT2D eigenvalue weighted by Crippen LogP contribution is -2.28. The fourth-order valence-electron chi connectivity index (χ4n) is 12.5. The molecule has 670 valence electrons. The third-order valence-electron chi connectivity index (χ3n) is 19.9. The number of hydrogen-bond donors (Lipinski definition) is 0. The highest BCUT2D eigenvalue weighted by Crippen LogP contribution is 2.45. The van der Waals surface area contributed by atoms with E-state index in [1.807, 2.05) is 54.6 Å². The number of aromatic nitrogens is 1. The first-order valence-electron chi connectivity index (χ1n) is 41.9. The molecule has 0 aliphatic heterocycles. The average molecular weight is 1760 g/mol. The number of ether oxygens (including phenoxy) is 14. The number of rotatable bonds is 44. The molecule has 0 amide bonds. The van der Waals surface area contributed by atoms with Crippen LogP contribution in [0.4, 0.5) is 0 Å². The Morgan fingerprint density at radius 3 is 1.01 bits per heavy atom. The van der Waals surface area contributed by atoms with Crippen LogP contribution in [0, 0.1) is 30.6 Å². The first kappa shape index (κ1) is 102. The smallest absolute Gasteiger partial charge is 0.338 e. The minimum absolute atomic E-state index is 0.0175. The van der Waals surface area contributed by atoms with Gasteiger partial charge in [0.05, 0.1) is 109 Å². The molecule has 10 rings (SSSR count). The number of carbonyl (C=O) groups excluding carboxylic acids is 10. The number of ketones is 2. The standard InChI is InChI=1S/C36H37NO6S2.C17H22O5.C16H22O4.C15H18O5.C14H18O4/c1-20-4-6-25(7-5-20)30-18-19-31(44-30)34-37-32-28(42-35(40)26-12-8-23(9-13-26)21(2)38)16-17-29(33(32)45-34)43-36(41)27-14-10-24(11-15-27)22(3)39;1-3-16(18)21-12-6-4-5-7-13-22-17(19)14-8-10-15(20-2)11-9-14;1-3-16(17)20-13-7-5-4-6-12-19-15-10-8-14(18-2)9-11-15;1-3-14(16)19-10-4-5-11-20-15(17)12-6-8-13(18-2)9-7-12;1-3-14(15)18-11-5-4-10-17-13-8-6-12(16-2)7-9-13/h4-7,16-19,23-24,26-27H,8-15H2,1-3H3;3,8-11H,1,4-7,12-13H2,2H3;3,8-11H,1,4-7,12-13H2,2H3;3,6-9H,1,4-5,10-11H2,2H3;3,6-9H,1,4-5,10-11H2,2H3. The average Bonchev–Trinajstić information content (AvgIpc) is 1.63. The van der Waals surface area contributed by atoms with Gasteiger partial charge >= 0.3 is 47.8 Å². The summed E-state index contributed by atoms with van der Waals surface area (Å²) in [5.74, 6) is 2.34. The van der Waals surface area contributed by atoms with Gasteiger partial charge in [-0.15, -0.1) is 22.7 Å². The molecule has 0 spiro atoms. The van der Waals surface area contributed by atoms with E-state index in [4.69, 9.17) is 71.3 Å². The van der Waals surface area contributed by atoms with Gasteiger partial charge in [0.25, 0.3) is 0 Å². The Kier molecular flexibility index (Phi) is 47.1. The molecular formula is C98H117NO24S2. The molecule has 6 aromatic carbocycles. The second kappa shape index (κ2) is 58.0. The van der Waals surface area contributed by atoms with Crippen LogP contribution in [0.3, 0.4) is 0 Å². The monoisotopic (exact) mass is 1760 g/mol. The quantitative estimate of drug-likeness (QED) is 0.0113. The van der Waals surface area contributed by atoms with Crippen LogP contribution >= 0.6 is 22.7 Å². The summed E-state index contributed by atoms with van der Waals surface area (Å²) in [4.78, 5) is 124. The van der Waals surface area contributed by atoms with Crippen LogP contribution in [0.1, 0.15) is 169 Å². The number of aryl methyl sites for hydroxylation is 1. The van der Waals surface area contributed by atoms with Crippen molar-refractivity contribution in [1.29, 1.82) is 0 Å². The van der Waals surface area contributed by atoms with E-state index in [0.29, 0.717) is 155 Å². The van der Waals surface area contributed by atoms with E-state index < -0.39 is 11.9 Å². The maximum absolute atomic E-state index is 13.3. The first-order valence-corrected chi connectivity index (χ1v) is 43.5. The Bertz CT molecular complexity index is 4600. The molecule has 0 N–H and O–H groups in total. The predicted octanol–water partition coefficient (Wildman–Crippen LogP) is 20.1. The van der Waals surface area contributed by atoms with Crippen molar-refractivity contribution in [2.75, 3.05) is 81.3 Å². The van der Waals surface area contributed by atoms with E-state index >= 15 is 0 Å². The third-order valence-corrected chi connectivity index (χ3v) is 22.3. The lowest BCUT2D eigenvalue weighted by Gasteiger charge is -2.25. The van der Waals surface area contributed by atoms with Gasteiger partial charge in [-0.2, -0.15) is 0 Å². The van der Waals surface area contributed by atoms with E-state index in [9.17, 15) is 47.9 Å². The van der Waals surface area contributed by atoms with Crippen molar-refractivity contribution in [1.82, 2.24) is 4.98 Å². The number of carbonyl (C=O) groups is 10. The number of fused-ring (bicyclic) bond motifs is 1.